The molecular formula is C13H11BrF2N4O4. The molecule has 2 N–H and O–H groups in total. The highest BCUT2D eigenvalue weighted by Gasteiger charge is 2.21. The average molecular weight is 405 g/mol. The van der Waals surface area contributed by atoms with Crippen LogP contribution in [0.2, 0.25) is 0 Å². The molecule has 0 aliphatic rings. The number of nitrogens with zero attached hydrogens (tertiary/aromatic N) is 3. The van der Waals surface area contributed by atoms with Crippen LogP contribution in [-0.4, -0.2) is 25.7 Å². The number of phenols is 1. The van der Waals surface area contributed by atoms with Crippen LogP contribution in [0.3, 0.4) is 0 Å². The molecular weight excluding hydrogens is 394 g/mol. The van der Waals surface area contributed by atoms with Crippen molar-refractivity contribution in [1.29, 1.82) is 0 Å². The molecule has 1 aromatic heterocycles. The van der Waals surface area contributed by atoms with E-state index in [9.17, 15) is 28.8 Å². The molecule has 0 saturated carbocycles. The number of carbonyl (C=O) groups excluding carboxylic acids is 1. The van der Waals surface area contributed by atoms with Gasteiger partial charge in [0.05, 0.1) is 26.8 Å². The normalized spacial score (nSPS) is 10.9. The van der Waals surface area contributed by atoms with E-state index in [1.807, 2.05) is 0 Å². The van der Waals surface area contributed by atoms with Gasteiger partial charge in [-0.2, -0.15) is 5.10 Å². The van der Waals surface area contributed by atoms with Gasteiger partial charge in [-0.1, -0.05) is 0 Å². The molecule has 11 heteroatoms. The van der Waals surface area contributed by atoms with Crippen LogP contribution in [0.4, 0.5) is 20.2 Å². The molecule has 2 rings (SSSR count). The van der Waals surface area contributed by atoms with Gasteiger partial charge in [-0.05, 0) is 28.9 Å². The first-order valence-electron chi connectivity index (χ1n) is 6.49. The lowest BCUT2D eigenvalue weighted by Gasteiger charge is -2.08. The second-order valence-electron chi connectivity index (χ2n) is 4.75. The molecule has 1 amide bonds. The number of amides is 1. The molecule has 0 bridgehead atoms. The number of halogens is 3. The Morgan fingerprint density at radius 2 is 2.21 bits per heavy atom. The van der Waals surface area contributed by atoms with Crippen molar-refractivity contribution in [3.05, 3.63) is 44.2 Å². The fourth-order valence-electron chi connectivity index (χ4n) is 1.91. The summed E-state index contributed by atoms with van der Waals surface area (Å²) < 4.78 is 26.7. The maximum atomic E-state index is 12.8. The quantitative estimate of drug-likeness (QED) is 0.451. The van der Waals surface area contributed by atoms with Gasteiger partial charge >= 0.3 is 0 Å². The van der Waals surface area contributed by atoms with E-state index in [1.54, 1.807) is 0 Å². The highest BCUT2D eigenvalue weighted by molar-refractivity contribution is 9.10. The summed E-state index contributed by atoms with van der Waals surface area (Å²) in [7, 11) is 0. The molecule has 24 heavy (non-hydrogen) atoms. The summed E-state index contributed by atoms with van der Waals surface area (Å²) in [6, 6.07) is 3.17. The van der Waals surface area contributed by atoms with Crippen LogP contribution < -0.4 is 5.32 Å². The van der Waals surface area contributed by atoms with Gasteiger partial charge in [-0.3, -0.25) is 19.6 Å². The van der Waals surface area contributed by atoms with Crippen LogP contribution in [0.25, 0.3) is 0 Å². The summed E-state index contributed by atoms with van der Waals surface area (Å²) in [5.41, 5.74) is -0.505. The molecule has 8 nitrogen and oxygen atoms in total. The molecule has 0 unspecified atom stereocenters. The van der Waals surface area contributed by atoms with Crippen molar-refractivity contribution in [1.82, 2.24) is 9.78 Å². The molecule has 128 valence electrons. The zero-order valence-electron chi connectivity index (χ0n) is 12.2. The van der Waals surface area contributed by atoms with Gasteiger partial charge in [0.2, 0.25) is 5.91 Å². The summed E-state index contributed by atoms with van der Waals surface area (Å²) in [5.74, 6) is -1.12. The van der Waals surface area contributed by atoms with E-state index in [4.69, 9.17) is 0 Å². The molecule has 2 aromatic rings. The van der Waals surface area contributed by atoms with Crippen molar-refractivity contribution in [3.63, 3.8) is 0 Å². The standard InChI is InChI=1S/C13H11BrF2N4O4/c1-6-11(14)12(13(15)16)18-19(6)5-10(22)17-8-3-2-7(20(23)24)4-9(8)21/h2-4,13,21H,5H2,1H3,(H,17,22). The number of aromatic nitrogens is 2. The number of benzene rings is 1. The molecule has 0 aliphatic heterocycles. The van der Waals surface area contributed by atoms with Gasteiger partial charge in [0.15, 0.2) is 0 Å². The summed E-state index contributed by atoms with van der Waals surface area (Å²) in [6.07, 6.45) is -2.79. The summed E-state index contributed by atoms with van der Waals surface area (Å²) in [5, 5.41) is 26.3. The number of hydrogen-bond acceptors (Lipinski definition) is 5. The van der Waals surface area contributed by atoms with Crippen molar-refractivity contribution in [2.45, 2.75) is 19.9 Å². The zero-order chi connectivity index (χ0) is 18.0. The van der Waals surface area contributed by atoms with Crippen LogP contribution in [-0.2, 0) is 11.3 Å². The number of nitro benzene ring substituents is 1. The van der Waals surface area contributed by atoms with E-state index in [2.05, 4.69) is 26.3 Å². The number of non-ortho nitro benzene ring substituents is 1. The van der Waals surface area contributed by atoms with Crippen molar-refractivity contribution in [2.75, 3.05) is 5.32 Å². The van der Waals surface area contributed by atoms with E-state index < -0.39 is 28.7 Å². The Hall–Kier alpha value is -2.56. The van der Waals surface area contributed by atoms with Crippen molar-refractivity contribution >= 4 is 33.2 Å². The molecule has 1 heterocycles. The molecule has 1 aromatic carbocycles. The predicted octanol–water partition coefficient (Wildman–Crippen LogP) is 3.14. The average Bonchev–Trinajstić information content (AvgIpc) is 2.77. The maximum Gasteiger partial charge on any atom is 0.283 e. The number of hydrogen-bond donors (Lipinski definition) is 2. The Kier molecular flexibility index (Phi) is 5.12. The molecule has 0 fully saturated rings. The van der Waals surface area contributed by atoms with Gasteiger partial charge in [-0.25, -0.2) is 8.78 Å². The van der Waals surface area contributed by atoms with Gasteiger partial charge < -0.3 is 10.4 Å². The first kappa shape index (κ1) is 17.8. The largest absolute Gasteiger partial charge is 0.506 e. The van der Waals surface area contributed by atoms with Gasteiger partial charge in [0.1, 0.15) is 18.0 Å². The minimum atomic E-state index is -2.79. The number of nitro groups is 1. The molecule has 0 spiro atoms. The monoisotopic (exact) mass is 404 g/mol. The third kappa shape index (κ3) is 3.67. The topological polar surface area (TPSA) is 110 Å². The van der Waals surface area contributed by atoms with Gasteiger partial charge in [-0.15, -0.1) is 0 Å². The fourth-order valence-corrected chi connectivity index (χ4v) is 2.36. The predicted molar refractivity (Wildman–Crippen MR) is 83.0 cm³/mol. The Morgan fingerprint density at radius 1 is 1.54 bits per heavy atom. The number of alkyl halides is 2. The number of carbonyl (C=O) groups is 1. The maximum absolute atomic E-state index is 12.8. The lowest BCUT2D eigenvalue weighted by atomic mass is 10.2. The summed E-state index contributed by atoms with van der Waals surface area (Å²) in [6.45, 7) is 1.15. The molecule has 0 aliphatic carbocycles. The molecule has 0 radical (unpaired) electrons. The number of rotatable bonds is 5. The Bertz CT molecular complexity index is 810. The first-order chi connectivity index (χ1) is 11.2. The van der Waals surface area contributed by atoms with E-state index in [0.717, 1.165) is 16.8 Å². The Balaban J connectivity index is 2.14. The zero-order valence-corrected chi connectivity index (χ0v) is 13.7. The smallest absolute Gasteiger partial charge is 0.283 e. The third-order valence-electron chi connectivity index (χ3n) is 3.12. The SMILES string of the molecule is Cc1c(Br)c(C(F)F)nn1CC(=O)Nc1ccc([N+](=O)[O-])cc1O. The summed E-state index contributed by atoms with van der Waals surface area (Å²) in [4.78, 5) is 21.9. The lowest BCUT2D eigenvalue weighted by Crippen LogP contribution is -2.20. The lowest BCUT2D eigenvalue weighted by molar-refractivity contribution is -0.384. The van der Waals surface area contributed by atoms with Crippen LogP contribution in [0, 0.1) is 17.0 Å². The first-order valence-corrected chi connectivity index (χ1v) is 7.28. The van der Waals surface area contributed by atoms with Gasteiger partial charge in [0, 0.05) is 6.07 Å². The Morgan fingerprint density at radius 3 is 2.71 bits per heavy atom. The highest BCUT2D eigenvalue weighted by Crippen LogP contribution is 2.30. The number of aromatic hydroxyl groups is 1. The fraction of sp³-hybridized carbons (Fsp3) is 0.231. The summed E-state index contributed by atoms with van der Waals surface area (Å²) >= 11 is 2.99. The van der Waals surface area contributed by atoms with E-state index in [0.29, 0.717) is 5.69 Å². The van der Waals surface area contributed by atoms with Crippen molar-refractivity contribution in [3.8, 4) is 5.75 Å². The third-order valence-corrected chi connectivity index (χ3v) is 4.10. The van der Waals surface area contributed by atoms with E-state index in [1.165, 1.54) is 13.0 Å². The van der Waals surface area contributed by atoms with Crippen LogP contribution in [0.5, 0.6) is 5.75 Å². The van der Waals surface area contributed by atoms with E-state index in [-0.39, 0.29) is 22.4 Å². The van der Waals surface area contributed by atoms with Crippen LogP contribution >= 0.6 is 15.9 Å². The molecule has 0 atom stereocenters. The minimum Gasteiger partial charge on any atom is -0.506 e. The number of anilines is 1. The van der Waals surface area contributed by atoms with Crippen LogP contribution in [0.15, 0.2) is 22.7 Å². The number of nitrogens with one attached hydrogen (secondary N) is 1. The second kappa shape index (κ2) is 6.91. The van der Waals surface area contributed by atoms with Gasteiger partial charge in [0.25, 0.3) is 12.1 Å². The minimum absolute atomic E-state index is 0.0384. The molecule has 0 saturated heterocycles. The second-order valence-corrected chi connectivity index (χ2v) is 5.54. The van der Waals surface area contributed by atoms with Crippen molar-refractivity contribution in [2.24, 2.45) is 0 Å². The van der Waals surface area contributed by atoms with E-state index >= 15 is 0 Å². The number of phenolic OH excluding ortho intramolecular Hbond substituents is 1. The van der Waals surface area contributed by atoms with Crippen molar-refractivity contribution < 1.29 is 23.6 Å². The van der Waals surface area contributed by atoms with Crippen LogP contribution in [0.1, 0.15) is 17.8 Å². The highest BCUT2D eigenvalue weighted by atomic mass is 79.9. The Labute approximate surface area is 142 Å².